The van der Waals surface area contributed by atoms with Gasteiger partial charge in [0.05, 0.1) is 0 Å². The van der Waals surface area contributed by atoms with Crippen molar-refractivity contribution in [1.29, 1.82) is 0 Å². The van der Waals surface area contributed by atoms with Crippen LogP contribution in [0.25, 0.3) is 0 Å². The van der Waals surface area contributed by atoms with Crippen LogP contribution >= 0.6 is 0 Å². The van der Waals surface area contributed by atoms with Crippen molar-refractivity contribution in [2.45, 2.75) is 58.3 Å². The molecule has 0 aliphatic heterocycles. The van der Waals surface area contributed by atoms with E-state index in [1.165, 1.54) is 25.3 Å². The first-order valence-corrected chi connectivity index (χ1v) is 7.61. The second-order valence-electron chi connectivity index (χ2n) is 4.66. The number of unbranched alkanes of at least 4 members (excludes halogenated alkanes) is 4. The second kappa shape index (κ2) is 15.5. The fraction of sp³-hybridized carbons (Fsp3) is 0.500. The van der Waals surface area contributed by atoms with Crippen LogP contribution in [0.1, 0.15) is 58.3 Å². The molecule has 2 heteroatoms. The highest BCUT2D eigenvalue weighted by molar-refractivity contribution is 5.79. The quantitative estimate of drug-likeness (QED) is 0.293. The van der Waals surface area contributed by atoms with E-state index < -0.39 is 5.97 Å². The van der Waals surface area contributed by atoms with Gasteiger partial charge in [0.1, 0.15) is 0 Å². The smallest absolute Gasteiger partial charge is 0.327 e. The van der Waals surface area contributed by atoms with E-state index >= 15 is 0 Å². The first-order valence-electron chi connectivity index (χ1n) is 7.61. The minimum atomic E-state index is -0.873. The zero-order chi connectivity index (χ0) is 14.9. The first-order chi connectivity index (χ1) is 9.77. The monoisotopic (exact) mass is 276 g/mol. The SMILES string of the molecule is CCC=CCCCCC=CCC=CCCC=CC(=O)O. The molecule has 0 aromatic carbocycles. The summed E-state index contributed by atoms with van der Waals surface area (Å²) in [7, 11) is 0. The molecular formula is C18H28O2. The Morgan fingerprint density at radius 2 is 1.35 bits per heavy atom. The van der Waals surface area contributed by atoms with Crippen molar-refractivity contribution >= 4 is 5.97 Å². The maximum atomic E-state index is 10.2. The van der Waals surface area contributed by atoms with Gasteiger partial charge in [0.25, 0.3) is 0 Å². The Morgan fingerprint density at radius 3 is 1.95 bits per heavy atom. The predicted octanol–water partition coefficient (Wildman–Crippen LogP) is 5.44. The van der Waals surface area contributed by atoms with Crippen LogP contribution < -0.4 is 0 Å². The molecule has 0 aliphatic rings. The van der Waals surface area contributed by atoms with Crippen LogP contribution in [0.4, 0.5) is 0 Å². The van der Waals surface area contributed by atoms with Crippen LogP contribution in [0.5, 0.6) is 0 Å². The van der Waals surface area contributed by atoms with Gasteiger partial charge in [-0.05, 0) is 51.4 Å². The number of hydrogen-bond acceptors (Lipinski definition) is 1. The zero-order valence-corrected chi connectivity index (χ0v) is 12.6. The summed E-state index contributed by atoms with van der Waals surface area (Å²) < 4.78 is 0. The van der Waals surface area contributed by atoms with E-state index in [1.807, 2.05) is 0 Å². The van der Waals surface area contributed by atoms with Gasteiger partial charge in [-0.25, -0.2) is 4.79 Å². The molecule has 0 atom stereocenters. The summed E-state index contributed by atoms with van der Waals surface area (Å²) >= 11 is 0. The van der Waals surface area contributed by atoms with E-state index in [-0.39, 0.29) is 0 Å². The summed E-state index contributed by atoms with van der Waals surface area (Å²) in [6, 6.07) is 0. The number of carboxylic acids is 1. The van der Waals surface area contributed by atoms with Gasteiger partial charge in [0.15, 0.2) is 0 Å². The molecule has 112 valence electrons. The van der Waals surface area contributed by atoms with Crippen LogP contribution in [0.3, 0.4) is 0 Å². The molecule has 0 bridgehead atoms. The van der Waals surface area contributed by atoms with Crippen LogP contribution in [0.2, 0.25) is 0 Å². The highest BCUT2D eigenvalue weighted by Gasteiger charge is 1.84. The lowest BCUT2D eigenvalue weighted by atomic mass is 10.1. The van der Waals surface area contributed by atoms with E-state index in [9.17, 15) is 4.79 Å². The number of hydrogen-bond donors (Lipinski definition) is 1. The molecule has 0 saturated carbocycles. The lowest BCUT2D eigenvalue weighted by Gasteiger charge is -1.92. The molecule has 0 unspecified atom stereocenters. The molecule has 1 N–H and O–H groups in total. The van der Waals surface area contributed by atoms with Crippen molar-refractivity contribution < 1.29 is 9.90 Å². The molecule has 0 spiro atoms. The van der Waals surface area contributed by atoms with Gasteiger partial charge in [0, 0.05) is 6.08 Å². The minimum Gasteiger partial charge on any atom is -0.478 e. The second-order valence-corrected chi connectivity index (χ2v) is 4.66. The summed E-state index contributed by atoms with van der Waals surface area (Å²) in [6.07, 6.45) is 24.8. The van der Waals surface area contributed by atoms with Gasteiger partial charge in [-0.15, -0.1) is 0 Å². The van der Waals surface area contributed by atoms with Gasteiger partial charge in [0.2, 0.25) is 0 Å². The molecule has 2 nitrogen and oxygen atoms in total. The molecule has 0 aliphatic carbocycles. The third-order valence-electron chi connectivity index (χ3n) is 2.76. The van der Waals surface area contributed by atoms with Gasteiger partial charge >= 0.3 is 5.97 Å². The highest BCUT2D eigenvalue weighted by atomic mass is 16.4. The largest absolute Gasteiger partial charge is 0.478 e. The normalized spacial score (nSPS) is 12.4. The molecule has 0 heterocycles. The molecule has 20 heavy (non-hydrogen) atoms. The fourth-order valence-electron chi connectivity index (χ4n) is 1.69. The van der Waals surface area contributed by atoms with Gasteiger partial charge in [-0.2, -0.15) is 0 Å². The fourth-order valence-corrected chi connectivity index (χ4v) is 1.69. The van der Waals surface area contributed by atoms with E-state index in [2.05, 4.69) is 43.4 Å². The van der Waals surface area contributed by atoms with E-state index in [4.69, 9.17) is 5.11 Å². The molecule has 0 amide bonds. The Balaban J connectivity index is 3.34. The number of allylic oxidation sites excluding steroid dienone is 7. The van der Waals surface area contributed by atoms with Gasteiger partial charge < -0.3 is 5.11 Å². The minimum absolute atomic E-state index is 0.789. The molecule has 0 saturated heterocycles. The Kier molecular flexibility index (Phi) is 14.3. The van der Waals surface area contributed by atoms with Crippen molar-refractivity contribution in [2.75, 3.05) is 0 Å². The molecular weight excluding hydrogens is 248 g/mol. The van der Waals surface area contributed by atoms with Crippen molar-refractivity contribution in [1.82, 2.24) is 0 Å². The van der Waals surface area contributed by atoms with Crippen LogP contribution in [0.15, 0.2) is 48.6 Å². The van der Waals surface area contributed by atoms with E-state index in [0.717, 1.165) is 32.1 Å². The third kappa shape index (κ3) is 16.4. The van der Waals surface area contributed by atoms with Crippen molar-refractivity contribution in [3.8, 4) is 0 Å². The zero-order valence-electron chi connectivity index (χ0n) is 12.6. The number of rotatable bonds is 12. The summed E-state index contributed by atoms with van der Waals surface area (Å²) in [5.41, 5.74) is 0. The number of aliphatic carboxylic acids is 1. The van der Waals surface area contributed by atoms with Crippen molar-refractivity contribution in [2.24, 2.45) is 0 Å². The summed E-state index contributed by atoms with van der Waals surface area (Å²) in [4.78, 5) is 10.2. The van der Waals surface area contributed by atoms with Gasteiger partial charge in [-0.1, -0.05) is 49.5 Å². The number of carboxylic acid groups (broad SMARTS) is 1. The molecule has 0 fully saturated rings. The van der Waals surface area contributed by atoms with E-state index in [0.29, 0.717) is 0 Å². The first kappa shape index (κ1) is 18.4. The number of carbonyl (C=O) groups is 1. The van der Waals surface area contributed by atoms with E-state index in [1.54, 1.807) is 6.08 Å². The molecule has 0 aromatic heterocycles. The maximum Gasteiger partial charge on any atom is 0.327 e. The van der Waals surface area contributed by atoms with Crippen LogP contribution in [-0.2, 0) is 4.79 Å². The maximum absolute atomic E-state index is 10.2. The molecule has 0 rings (SSSR count). The Bertz CT molecular complexity index is 335. The lowest BCUT2D eigenvalue weighted by Crippen LogP contribution is -1.85. The predicted molar refractivity (Wildman–Crippen MR) is 86.8 cm³/mol. The summed E-state index contributed by atoms with van der Waals surface area (Å²) in [5.74, 6) is -0.873. The highest BCUT2D eigenvalue weighted by Crippen LogP contribution is 2.03. The Morgan fingerprint density at radius 1 is 0.800 bits per heavy atom. The Hall–Kier alpha value is -1.57. The molecule has 0 radical (unpaired) electrons. The standard InChI is InChI=1S/C18H28O2/c1-2-3-4-5-6-7-8-9-10-11-12-13-14-15-16-17-18(19)20/h3-4,9-10,12-13,16-17H,2,5-8,11,14-15H2,1H3,(H,19,20). The van der Waals surface area contributed by atoms with Crippen molar-refractivity contribution in [3.63, 3.8) is 0 Å². The third-order valence-corrected chi connectivity index (χ3v) is 2.76. The van der Waals surface area contributed by atoms with Crippen LogP contribution in [-0.4, -0.2) is 11.1 Å². The van der Waals surface area contributed by atoms with Crippen molar-refractivity contribution in [3.05, 3.63) is 48.6 Å². The van der Waals surface area contributed by atoms with Gasteiger partial charge in [-0.3, -0.25) is 0 Å². The summed E-state index contributed by atoms with van der Waals surface area (Å²) in [5, 5.41) is 8.40. The lowest BCUT2D eigenvalue weighted by molar-refractivity contribution is -0.131. The molecule has 0 aromatic rings. The average molecular weight is 276 g/mol. The Labute approximate surface area is 123 Å². The average Bonchev–Trinajstić information content (AvgIpc) is 2.43. The summed E-state index contributed by atoms with van der Waals surface area (Å²) in [6.45, 7) is 2.16. The topological polar surface area (TPSA) is 37.3 Å². The van der Waals surface area contributed by atoms with Crippen LogP contribution in [0, 0.1) is 0 Å².